The summed E-state index contributed by atoms with van der Waals surface area (Å²) in [6, 6.07) is 8.11. The lowest BCUT2D eigenvalue weighted by Crippen LogP contribution is -2.27. The van der Waals surface area contributed by atoms with Gasteiger partial charge in [-0.1, -0.05) is 31.2 Å². The molecule has 0 aliphatic rings. The highest BCUT2D eigenvalue weighted by molar-refractivity contribution is 5.97. The second kappa shape index (κ2) is 7.99. The van der Waals surface area contributed by atoms with E-state index < -0.39 is 42.2 Å². The van der Waals surface area contributed by atoms with Gasteiger partial charge in [-0.15, -0.1) is 0 Å². The Kier molecular flexibility index (Phi) is 5.97. The van der Waals surface area contributed by atoms with Crippen LogP contribution in [0.15, 0.2) is 47.4 Å². The summed E-state index contributed by atoms with van der Waals surface area (Å²) >= 11 is 0. The Morgan fingerprint density at radius 3 is 2.31 bits per heavy atom. The van der Waals surface area contributed by atoms with E-state index in [0.29, 0.717) is 22.4 Å². The topological polar surface area (TPSA) is 65.4 Å². The molecule has 0 bridgehead atoms. The van der Waals surface area contributed by atoms with Crippen molar-refractivity contribution in [1.82, 2.24) is 4.57 Å². The summed E-state index contributed by atoms with van der Waals surface area (Å²) in [6.07, 6.45) is -3.29. The van der Waals surface area contributed by atoms with Gasteiger partial charge in [0.05, 0.1) is 5.56 Å². The van der Waals surface area contributed by atoms with E-state index in [1.54, 1.807) is 24.3 Å². The number of nitrogens with zero attached hydrogens (tertiary/aromatic N) is 1. The number of Topliss-reactive ketones (excluding diaryl/α,β-unsaturated/α-hetero) is 1. The quantitative estimate of drug-likeness (QED) is 0.582. The number of alkyl halides is 3. The number of ketones is 1. The predicted octanol–water partition coefficient (Wildman–Crippen LogP) is 2.86. The highest BCUT2D eigenvalue weighted by Crippen LogP contribution is 2.27. The van der Waals surface area contributed by atoms with E-state index in [4.69, 9.17) is 4.74 Å². The maximum atomic E-state index is 12.7. The zero-order valence-corrected chi connectivity index (χ0v) is 13.9. The number of rotatable bonds is 6. The first-order valence-corrected chi connectivity index (χ1v) is 7.76. The fourth-order valence-corrected chi connectivity index (χ4v) is 2.16. The number of aryl methyl sites for hydroxylation is 1. The number of hydrogen-bond acceptors (Lipinski definition) is 4. The molecule has 2 rings (SSSR count). The molecule has 26 heavy (non-hydrogen) atoms. The number of carbonyl (C=O) groups excluding carboxylic acids is 2. The molecule has 0 fully saturated rings. The molecule has 1 aromatic carbocycles. The molecular formula is C18H16F3NO4. The first-order valence-electron chi connectivity index (χ1n) is 7.76. The normalized spacial score (nSPS) is 11.2. The fourth-order valence-electron chi connectivity index (χ4n) is 2.16. The van der Waals surface area contributed by atoms with Crippen molar-refractivity contribution in [1.29, 1.82) is 0 Å². The van der Waals surface area contributed by atoms with Crippen molar-refractivity contribution in [3.05, 3.63) is 69.6 Å². The van der Waals surface area contributed by atoms with Gasteiger partial charge < -0.3 is 9.30 Å². The average Bonchev–Trinajstić information content (AvgIpc) is 2.60. The zero-order valence-electron chi connectivity index (χ0n) is 13.9. The molecule has 0 unspecified atom stereocenters. The van der Waals surface area contributed by atoms with Gasteiger partial charge in [0.1, 0.15) is 6.54 Å². The summed E-state index contributed by atoms with van der Waals surface area (Å²) in [4.78, 5) is 35.3. The van der Waals surface area contributed by atoms with Gasteiger partial charge in [-0.3, -0.25) is 14.4 Å². The number of aromatic nitrogens is 1. The number of ether oxygens (including phenoxy) is 1. The number of esters is 1. The van der Waals surface area contributed by atoms with E-state index in [9.17, 15) is 27.6 Å². The lowest BCUT2D eigenvalue weighted by Gasteiger charge is -2.10. The Bertz CT molecular complexity index is 854. The van der Waals surface area contributed by atoms with Crippen molar-refractivity contribution >= 4 is 11.8 Å². The molecule has 0 saturated carbocycles. The van der Waals surface area contributed by atoms with Gasteiger partial charge >= 0.3 is 12.1 Å². The molecule has 1 heterocycles. The maximum absolute atomic E-state index is 12.7. The number of hydrogen-bond donors (Lipinski definition) is 0. The molecule has 8 heteroatoms. The third-order valence-corrected chi connectivity index (χ3v) is 3.66. The van der Waals surface area contributed by atoms with Crippen LogP contribution in [0.1, 0.15) is 28.4 Å². The van der Waals surface area contributed by atoms with Crippen molar-refractivity contribution in [2.75, 3.05) is 6.61 Å². The highest BCUT2D eigenvalue weighted by atomic mass is 19.4. The van der Waals surface area contributed by atoms with E-state index in [1.165, 1.54) is 0 Å². The van der Waals surface area contributed by atoms with E-state index in [1.807, 2.05) is 6.92 Å². The highest BCUT2D eigenvalue weighted by Gasteiger charge is 2.31. The molecule has 5 nitrogen and oxygen atoms in total. The molecule has 0 saturated heterocycles. The smallest absolute Gasteiger partial charge is 0.417 e. The fraction of sp³-hybridized carbons (Fsp3) is 0.278. The molecule has 2 aromatic rings. The lowest BCUT2D eigenvalue weighted by atomic mass is 10.1. The van der Waals surface area contributed by atoms with Gasteiger partial charge in [-0.05, 0) is 18.1 Å². The van der Waals surface area contributed by atoms with Crippen molar-refractivity contribution in [2.24, 2.45) is 0 Å². The summed E-state index contributed by atoms with van der Waals surface area (Å²) in [7, 11) is 0. The van der Waals surface area contributed by atoms with Crippen LogP contribution in [0.5, 0.6) is 0 Å². The molecule has 0 radical (unpaired) electrons. The SMILES string of the molecule is CCc1ccc(C(=O)COC(=O)Cn2cc(C(F)(F)F)ccc2=O)cc1. The Morgan fingerprint density at radius 1 is 1.08 bits per heavy atom. The van der Waals surface area contributed by atoms with Crippen LogP contribution in [0, 0.1) is 0 Å². The minimum atomic E-state index is -4.64. The Hall–Kier alpha value is -2.90. The second-order valence-corrected chi connectivity index (χ2v) is 5.52. The van der Waals surface area contributed by atoms with Crippen molar-refractivity contribution in [3.8, 4) is 0 Å². The number of pyridine rings is 1. The lowest BCUT2D eigenvalue weighted by molar-refractivity contribution is -0.144. The largest absolute Gasteiger partial charge is 0.456 e. The standard InChI is InChI=1S/C18H16F3NO4/c1-2-12-3-5-13(6-4-12)15(23)11-26-17(25)10-22-9-14(18(19,20)21)7-8-16(22)24/h3-9H,2,10-11H2,1H3. The van der Waals surface area contributed by atoms with Crippen LogP contribution in [-0.4, -0.2) is 22.9 Å². The zero-order chi connectivity index (χ0) is 19.3. The first kappa shape index (κ1) is 19.4. The van der Waals surface area contributed by atoms with Gasteiger partial charge in [0, 0.05) is 17.8 Å². The monoisotopic (exact) mass is 367 g/mol. The van der Waals surface area contributed by atoms with E-state index in [-0.39, 0.29) is 0 Å². The summed E-state index contributed by atoms with van der Waals surface area (Å²) < 4.78 is 43.3. The van der Waals surface area contributed by atoms with Gasteiger partial charge in [0.15, 0.2) is 12.4 Å². The molecule has 0 amide bonds. The third-order valence-electron chi connectivity index (χ3n) is 3.66. The molecule has 1 aromatic heterocycles. The molecule has 0 atom stereocenters. The predicted molar refractivity (Wildman–Crippen MR) is 86.8 cm³/mol. The van der Waals surface area contributed by atoms with Crippen LogP contribution in [0.4, 0.5) is 13.2 Å². The van der Waals surface area contributed by atoms with E-state index in [2.05, 4.69) is 0 Å². The van der Waals surface area contributed by atoms with E-state index in [0.717, 1.165) is 18.1 Å². The molecular weight excluding hydrogens is 351 g/mol. The van der Waals surface area contributed by atoms with Crippen LogP contribution in [-0.2, 0) is 28.7 Å². The molecule has 0 spiro atoms. The number of benzene rings is 1. The molecule has 0 N–H and O–H groups in total. The van der Waals surface area contributed by atoms with Gasteiger partial charge in [0.2, 0.25) is 0 Å². The van der Waals surface area contributed by atoms with Crippen LogP contribution in [0.2, 0.25) is 0 Å². The van der Waals surface area contributed by atoms with Crippen molar-refractivity contribution in [2.45, 2.75) is 26.1 Å². The van der Waals surface area contributed by atoms with E-state index >= 15 is 0 Å². The van der Waals surface area contributed by atoms with Crippen LogP contribution < -0.4 is 5.56 Å². The first-order chi connectivity index (χ1) is 12.2. The average molecular weight is 367 g/mol. The van der Waals surface area contributed by atoms with Gasteiger partial charge in [-0.2, -0.15) is 13.2 Å². The number of halogens is 3. The van der Waals surface area contributed by atoms with Crippen molar-refractivity contribution < 1.29 is 27.5 Å². The minimum Gasteiger partial charge on any atom is -0.456 e. The summed E-state index contributed by atoms with van der Waals surface area (Å²) in [5.74, 6) is -1.43. The molecule has 0 aliphatic heterocycles. The Morgan fingerprint density at radius 2 is 1.73 bits per heavy atom. The Labute approximate surface area is 147 Å². The minimum absolute atomic E-state index is 0.353. The van der Waals surface area contributed by atoms with Crippen LogP contribution in [0.3, 0.4) is 0 Å². The third kappa shape index (κ3) is 5.05. The number of carbonyl (C=O) groups is 2. The molecule has 0 aliphatic carbocycles. The Balaban J connectivity index is 1.98. The van der Waals surface area contributed by atoms with Crippen molar-refractivity contribution in [3.63, 3.8) is 0 Å². The molecule has 138 valence electrons. The summed E-state index contributed by atoms with van der Waals surface area (Å²) in [5, 5.41) is 0. The summed E-state index contributed by atoms with van der Waals surface area (Å²) in [6.45, 7) is 0.692. The van der Waals surface area contributed by atoms with Crippen LogP contribution >= 0.6 is 0 Å². The van der Waals surface area contributed by atoms with Gasteiger partial charge in [-0.25, -0.2) is 0 Å². The maximum Gasteiger partial charge on any atom is 0.417 e. The van der Waals surface area contributed by atoms with Crippen LogP contribution in [0.25, 0.3) is 0 Å². The second-order valence-electron chi connectivity index (χ2n) is 5.52. The summed E-state index contributed by atoms with van der Waals surface area (Å²) in [5.41, 5.74) is -0.442. The van der Waals surface area contributed by atoms with Gasteiger partial charge in [0.25, 0.3) is 5.56 Å².